The van der Waals surface area contributed by atoms with Crippen molar-refractivity contribution in [2.45, 2.75) is 46.1 Å². The van der Waals surface area contributed by atoms with Crippen LogP contribution in [0.3, 0.4) is 0 Å². The number of amides is 1. The number of hydrogen-bond acceptors (Lipinski definition) is 3. The lowest BCUT2D eigenvalue weighted by Crippen LogP contribution is -2.39. The van der Waals surface area contributed by atoms with E-state index >= 15 is 0 Å². The van der Waals surface area contributed by atoms with Crippen LogP contribution in [0.4, 0.5) is 0 Å². The number of nitrogens with one attached hydrogen (secondary N) is 1. The van der Waals surface area contributed by atoms with Crippen LogP contribution in [0.25, 0.3) is 0 Å². The number of nitrogens with zero attached hydrogens (tertiary/aromatic N) is 3. The second-order valence-corrected chi connectivity index (χ2v) is 7.80. The highest BCUT2D eigenvalue weighted by Gasteiger charge is 2.22. The maximum atomic E-state index is 11.2. The normalized spacial score (nSPS) is 16.2. The van der Waals surface area contributed by atoms with Crippen LogP contribution >= 0.6 is 0 Å². The predicted molar refractivity (Wildman–Crippen MR) is 116 cm³/mol. The summed E-state index contributed by atoms with van der Waals surface area (Å²) in [6.07, 6.45) is 4.01. The summed E-state index contributed by atoms with van der Waals surface area (Å²) in [5.74, 6) is 0.901. The minimum atomic E-state index is -0.139. The van der Waals surface area contributed by atoms with Gasteiger partial charge in [-0.15, -0.1) is 0 Å². The molecule has 6 heteroatoms. The summed E-state index contributed by atoms with van der Waals surface area (Å²) in [4.78, 5) is 20.7. The monoisotopic (exact) mass is 387 g/mol. The van der Waals surface area contributed by atoms with Gasteiger partial charge in [-0.05, 0) is 64.7 Å². The van der Waals surface area contributed by atoms with Crippen molar-refractivity contribution >= 4 is 11.9 Å². The number of benzene rings is 1. The maximum Gasteiger partial charge on any atom is 0.220 e. The van der Waals surface area contributed by atoms with Gasteiger partial charge in [0.2, 0.25) is 5.91 Å². The number of aryl methyl sites for hydroxylation is 1. The second-order valence-electron chi connectivity index (χ2n) is 7.80. The molecule has 0 spiro atoms. The van der Waals surface area contributed by atoms with Crippen LogP contribution in [-0.2, 0) is 11.3 Å². The van der Waals surface area contributed by atoms with Gasteiger partial charge in [-0.2, -0.15) is 0 Å². The number of rotatable bonds is 9. The van der Waals surface area contributed by atoms with Gasteiger partial charge in [0.05, 0.1) is 0 Å². The predicted octanol–water partition coefficient (Wildman–Crippen LogP) is 2.37. The van der Waals surface area contributed by atoms with Crippen LogP contribution in [0.2, 0.25) is 0 Å². The van der Waals surface area contributed by atoms with Crippen molar-refractivity contribution in [2.75, 3.05) is 39.8 Å². The van der Waals surface area contributed by atoms with E-state index in [9.17, 15) is 4.79 Å². The van der Waals surface area contributed by atoms with Crippen molar-refractivity contribution in [3.63, 3.8) is 0 Å². The molecular weight excluding hydrogens is 350 g/mol. The van der Waals surface area contributed by atoms with Gasteiger partial charge in [0.25, 0.3) is 0 Å². The van der Waals surface area contributed by atoms with E-state index in [1.807, 2.05) is 0 Å². The first-order valence-corrected chi connectivity index (χ1v) is 10.6. The van der Waals surface area contributed by atoms with Crippen LogP contribution in [-0.4, -0.2) is 61.4 Å². The van der Waals surface area contributed by atoms with Crippen molar-refractivity contribution in [1.82, 2.24) is 15.1 Å². The summed E-state index contributed by atoms with van der Waals surface area (Å²) < 4.78 is 0. The molecule has 1 fully saturated rings. The van der Waals surface area contributed by atoms with E-state index in [-0.39, 0.29) is 11.8 Å². The summed E-state index contributed by atoms with van der Waals surface area (Å²) >= 11 is 0. The number of hydrogen-bond donors (Lipinski definition) is 2. The molecule has 0 bridgehead atoms. The summed E-state index contributed by atoms with van der Waals surface area (Å²) in [6.45, 7) is 9.81. The number of nitrogens with two attached hydrogens (primary N) is 1. The first-order chi connectivity index (χ1) is 13.5. The second kappa shape index (κ2) is 11.7. The summed E-state index contributed by atoms with van der Waals surface area (Å²) in [7, 11) is 2.09. The zero-order valence-electron chi connectivity index (χ0n) is 17.8. The first-order valence-electron chi connectivity index (χ1n) is 10.6. The molecule has 0 saturated carbocycles. The summed E-state index contributed by atoms with van der Waals surface area (Å²) in [5.41, 5.74) is 7.98. The van der Waals surface area contributed by atoms with Gasteiger partial charge in [-0.25, -0.2) is 0 Å². The molecule has 1 aromatic rings. The lowest BCUT2D eigenvalue weighted by Gasteiger charge is -2.30. The van der Waals surface area contributed by atoms with Crippen molar-refractivity contribution in [2.24, 2.45) is 16.6 Å². The van der Waals surface area contributed by atoms with Crippen molar-refractivity contribution < 1.29 is 4.79 Å². The highest BCUT2D eigenvalue weighted by atomic mass is 16.1. The van der Waals surface area contributed by atoms with Gasteiger partial charge < -0.3 is 20.9 Å². The quantitative estimate of drug-likeness (QED) is 0.388. The summed E-state index contributed by atoms with van der Waals surface area (Å²) in [5, 5.41) is 3.39. The van der Waals surface area contributed by atoms with Crippen molar-refractivity contribution in [3.05, 3.63) is 35.4 Å². The first kappa shape index (κ1) is 22.2. The van der Waals surface area contributed by atoms with E-state index in [2.05, 4.69) is 60.3 Å². The Hall–Kier alpha value is -2.08. The SMILES string of the molecule is CCNC(=NCCCCN1CCC(C(N)=O)CC1)N(C)Cc1ccc(C)cc1. The van der Waals surface area contributed by atoms with Crippen LogP contribution in [0.1, 0.15) is 43.7 Å². The Labute approximate surface area is 170 Å². The van der Waals surface area contributed by atoms with Crippen LogP contribution in [0, 0.1) is 12.8 Å². The molecule has 1 amide bonds. The van der Waals surface area contributed by atoms with E-state index in [0.29, 0.717) is 0 Å². The molecule has 0 aliphatic carbocycles. The molecule has 1 heterocycles. The van der Waals surface area contributed by atoms with Gasteiger partial charge in [0.1, 0.15) is 0 Å². The summed E-state index contributed by atoms with van der Waals surface area (Å²) in [6, 6.07) is 8.66. The Kier molecular flexibility index (Phi) is 9.28. The molecule has 1 saturated heterocycles. The van der Waals surface area contributed by atoms with Gasteiger partial charge in [0.15, 0.2) is 5.96 Å². The largest absolute Gasteiger partial charge is 0.369 e. The Balaban J connectivity index is 1.71. The Bertz CT molecular complexity index is 620. The third-order valence-corrected chi connectivity index (χ3v) is 5.37. The molecule has 0 atom stereocenters. The van der Waals surface area contributed by atoms with Crippen LogP contribution in [0.5, 0.6) is 0 Å². The third kappa shape index (κ3) is 7.50. The fourth-order valence-electron chi connectivity index (χ4n) is 3.59. The highest BCUT2D eigenvalue weighted by molar-refractivity contribution is 5.79. The minimum absolute atomic E-state index is 0.0765. The molecule has 1 aliphatic heterocycles. The van der Waals surface area contributed by atoms with E-state index in [0.717, 1.165) is 70.9 Å². The van der Waals surface area contributed by atoms with Crippen molar-refractivity contribution in [1.29, 1.82) is 0 Å². The van der Waals surface area contributed by atoms with E-state index < -0.39 is 0 Å². The Morgan fingerprint density at radius 2 is 1.93 bits per heavy atom. The number of aliphatic imine (C=N–C) groups is 1. The maximum absolute atomic E-state index is 11.2. The third-order valence-electron chi connectivity index (χ3n) is 5.37. The smallest absolute Gasteiger partial charge is 0.220 e. The number of primary amides is 1. The number of carbonyl (C=O) groups excluding carboxylic acids is 1. The Morgan fingerprint density at radius 1 is 1.25 bits per heavy atom. The zero-order valence-corrected chi connectivity index (χ0v) is 17.8. The van der Waals surface area contributed by atoms with E-state index in [1.54, 1.807) is 0 Å². The van der Waals surface area contributed by atoms with E-state index in [1.165, 1.54) is 11.1 Å². The average molecular weight is 388 g/mol. The Morgan fingerprint density at radius 3 is 2.54 bits per heavy atom. The number of unbranched alkanes of at least 4 members (excludes halogenated alkanes) is 1. The zero-order chi connectivity index (χ0) is 20.4. The molecule has 1 aliphatic rings. The topological polar surface area (TPSA) is 74.0 Å². The molecule has 2 rings (SSSR count). The van der Waals surface area contributed by atoms with E-state index in [4.69, 9.17) is 10.7 Å². The molecule has 1 aromatic carbocycles. The van der Waals surface area contributed by atoms with Crippen LogP contribution in [0.15, 0.2) is 29.3 Å². The van der Waals surface area contributed by atoms with Gasteiger partial charge in [-0.1, -0.05) is 29.8 Å². The lowest BCUT2D eigenvalue weighted by molar-refractivity contribution is -0.123. The fraction of sp³-hybridized carbons (Fsp3) is 0.636. The average Bonchev–Trinajstić information content (AvgIpc) is 2.69. The number of piperidine rings is 1. The van der Waals surface area contributed by atoms with Gasteiger partial charge in [0, 0.05) is 32.6 Å². The highest BCUT2D eigenvalue weighted by Crippen LogP contribution is 2.16. The van der Waals surface area contributed by atoms with Gasteiger partial charge in [-0.3, -0.25) is 9.79 Å². The molecule has 156 valence electrons. The molecule has 0 unspecified atom stereocenters. The standard InChI is InChI=1S/C22H37N5O/c1-4-24-22(26(3)17-19-9-7-18(2)8-10-19)25-13-5-6-14-27-15-11-20(12-16-27)21(23)28/h7-10,20H,4-6,11-17H2,1-3H3,(H2,23,28)(H,24,25). The minimum Gasteiger partial charge on any atom is -0.369 e. The molecule has 3 N–H and O–H groups in total. The van der Waals surface area contributed by atoms with Crippen LogP contribution < -0.4 is 11.1 Å². The number of likely N-dealkylation sites (tertiary alicyclic amines) is 1. The number of guanidine groups is 1. The molecular formula is C22H37N5O. The molecule has 6 nitrogen and oxygen atoms in total. The lowest BCUT2D eigenvalue weighted by atomic mass is 9.96. The van der Waals surface area contributed by atoms with Gasteiger partial charge >= 0.3 is 0 Å². The molecule has 0 aromatic heterocycles. The molecule has 0 radical (unpaired) electrons. The van der Waals surface area contributed by atoms with Crippen molar-refractivity contribution in [3.8, 4) is 0 Å². The number of carbonyl (C=O) groups is 1. The fourth-order valence-corrected chi connectivity index (χ4v) is 3.59. The molecule has 28 heavy (non-hydrogen) atoms.